The Labute approximate surface area is 129 Å². The van der Waals surface area contributed by atoms with Crippen molar-refractivity contribution in [1.29, 1.82) is 0 Å². The van der Waals surface area contributed by atoms with Crippen LogP contribution in [-0.4, -0.2) is 13.7 Å². The van der Waals surface area contributed by atoms with Crippen molar-refractivity contribution in [2.75, 3.05) is 0 Å². The highest BCUT2D eigenvalue weighted by Gasteiger charge is 2.39. The first-order valence-corrected chi connectivity index (χ1v) is 9.51. The van der Waals surface area contributed by atoms with Gasteiger partial charge in [-0.05, 0) is 5.92 Å². The van der Waals surface area contributed by atoms with Gasteiger partial charge in [-0.15, -0.1) is 12.4 Å². The minimum absolute atomic E-state index is 0. The van der Waals surface area contributed by atoms with E-state index in [1.807, 2.05) is 0 Å². The van der Waals surface area contributed by atoms with E-state index in [2.05, 4.69) is 81.1 Å². The van der Waals surface area contributed by atoms with Crippen molar-refractivity contribution >= 4 is 30.9 Å². The van der Waals surface area contributed by atoms with E-state index in [9.17, 15) is 0 Å². The van der Waals surface area contributed by atoms with Crippen LogP contribution in [0.4, 0.5) is 0 Å². The van der Waals surface area contributed by atoms with Crippen LogP contribution < -0.4 is 16.1 Å². The van der Waals surface area contributed by atoms with Gasteiger partial charge in [0, 0.05) is 5.67 Å². The summed E-state index contributed by atoms with van der Waals surface area (Å²) in [5.41, 5.74) is 6.84. The van der Waals surface area contributed by atoms with Crippen LogP contribution in [-0.2, 0) is 0 Å². The first kappa shape index (κ1) is 17.0. The Bertz CT molecular complexity index is 474. The van der Waals surface area contributed by atoms with Crippen LogP contribution in [0.1, 0.15) is 13.8 Å². The van der Waals surface area contributed by atoms with Gasteiger partial charge < -0.3 is 5.73 Å². The maximum Gasteiger partial charge on any atom is 0.131 e. The molecule has 2 aromatic carbocycles. The Hall–Kier alpha value is -1.09. The molecule has 0 amide bonds. The Morgan fingerprint density at radius 2 is 1.15 bits per heavy atom. The Balaban J connectivity index is 0.00000200. The van der Waals surface area contributed by atoms with Gasteiger partial charge in [0.1, 0.15) is 8.07 Å². The molecular formula is C17H24ClNSi. The Kier molecular flexibility index (Phi) is 6.00. The molecule has 0 spiro atoms. The molecule has 0 aromatic heterocycles. The normalized spacial score (nSPS) is 12.8. The highest BCUT2D eigenvalue weighted by atomic mass is 35.5. The molecule has 2 rings (SSSR count). The van der Waals surface area contributed by atoms with E-state index in [-0.39, 0.29) is 18.1 Å². The smallest absolute Gasteiger partial charge is 0.131 e. The van der Waals surface area contributed by atoms with E-state index in [1.165, 1.54) is 10.4 Å². The van der Waals surface area contributed by atoms with Crippen molar-refractivity contribution in [1.82, 2.24) is 0 Å². The summed E-state index contributed by atoms with van der Waals surface area (Å²) in [6.07, 6.45) is 0. The van der Waals surface area contributed by atoms with E-state index in [4.69, 9.17) is 5.73 Å². The second-order valence-corrected chi connectivity index (χ2v) is 9.93. The SMILES string of the molecule is CC(C)[C@H](N)[Si](C)(c1ccccc1)c1ccccc1.Cl. The molecule has 108 valence electrons. The summed E-state index contributed by atoms with van der Waals surface area (Å²) in [6, 6.07) is 21.6. The largest absolute Gasteiger partial charge is 0.329 e. The zero-order valence-corrected chi connectivity index (χ0v) is 14.2. The average Bonchev–Trinajstić information content (AvgIpc) is 2.47. The molecule has 0 unspecified atom stereocenters. The van der Waals surface area contributed by atoms with Crippen LogP contribution in [0.25, 0.3) is 0 Å². The number of hydrogen-bond acceptors (Lipinski definition) is 1. The summed E-state index contributed by atoms with van der Waals surface area (Å²) in [5, 5.41) is 2.84. The van der Waals surface area contributed by atoms with Crippen LogP contribution in [0, 0.1) is 5.92 Å². The maximum atomic E-state index is 6.62. The lowest BCUT2D eigenvalue weighted by atomic mass is 10.2. The molecule has 0 radical (unpaired) electrons. The van der Waals surface area contributed by atoms with Crippen LogP contribution in [0.3, 0.4) is 0 Å². The number of rotatable bonds is 4. The molecule has 20 heavy (non-hydrogen) atoms. The minimum atomic E-state index is -1.89. The zero-order valence-electron chi connectivity index (χ0n) is 12.4. The van der Waals surface area contributed by atoms with E-state index in [0.717, 1.165) is 0 Å². The van der Waals surface area contributed by atoms with E-state index in [0.29, 0.717) is 5.92 Å². The van der Waals surface area contributed by atoms with Gasteiger partial charge in [0.15, 0.2) is 0 Å². The highest BCUT2D eigenvalue weighted by Crippen LogP contribution is 2.15. The molecule has 0 saturated heterocycles. The molecule has 0 bridgehead atoms. The summed E-state index contributed by atoms with van der Waals surface area (Å²) < 4.78 is 0. The maximum absolute atomic E-state index is 6.62. The lowest BCUT2D eigenvalue weighted by Gasteiger charge is -2.37. The molecule has 3 heteroatoms. The third kappa shape index (κ3) is 3.14. The van der Waals surface area contributed by atoms with Gasteiger partial charge in [0.05, 0.1) is 0 Å². The quantitative estimate of drug-likeness (QED) is 0.864. The average molecular weight is 306 g/mol. The number of nitrogens with two attached hydrogens (primary N) is 1. The van der Waals surface area contributed by atoms with Crippen molar-refractivity contribution in [3.63, 3.8) is 0 Å². The number of benzene rings is 2. The molecule has 1 nitrogen and oxygen atoms in total. The fourth-order valence-electron chi connectivity index (χ4n) is 2.79. The molecule has 0 heterocycles. The third-order valence-electron chi connectivity index (χ3n) is 4.13. The van der Waals surface area contributed by atoms with Crippen molar-refractivity contribution < 1.29 is 0 Å². The summed E-state index contributed by atoms with van der Waals surface area (Å²) in [7, 11) is -1.89. The molecule has 0 aliphatic rings. The second kappa shape index (κ2) is 7.07. The molecule has 2 aromatic rings. The summed E-state index contributed by atoms with van der Waals surface area (Å²) >= 11 is 0. The highest BCUT2D eigenvalue weighted by molar-refractivity contribution is 7.02. The van der Waals surface area contributed by atoms with Gasteiger partial charge in [0.25, 0.3) is 0 Å². The summed E-state index contributed by atoms with van der Waals surface area (Å²) in [5.74, 6) is 0.483. The van der Waals surface area contributed by atoms with Crippen LogP contribution in [0.2, 0.25) is 6.55 Å². The van der Waals surface area contributed by atoms with Gasteiger partial charge >= 0.3 is 0 Å². The molecular weight excluding hydrogens is 282 g/mol. The fourth-order valence-corrected chi connectivity index (χ4v) is 6.99. The predicted octanol–water partition coefficient (Wildman–Crippen LogP) is 2.82. The van der Waals surface area contributed by atoms with E-state index in [1.54, 1.807) is 0 Å². The number of hydrogen-bond donors (Lipinski definition) is 1. The van der Waals surface area contributed by atoms with Crippen LogP contribution >= 0.6 is 12.4 Å². The molecule has 0 aliphatic carbocycles. The van der Waals surface area contributed by atoms with Crippen molar-refractivity contribution in [2.45, 2.75) is 26.1 Å². The fraction of sp³-hybridized carbons (Fsp3) is 0.294. The Morgan fingerprint density at radius 1 is 0.800 bits per heavy atom. The van der Waals surface area contributed by atoms with Crippen molar-refractivity contribution in [3.05, 3.63) is 60.7 Å². The topological polar surface area (TPSA) is 26.0 Å². The van der Waals surface area contributed by atoms with Crippen LogP contribution in [0.5, 0.6) is 0 Å². The van der Waals surface area contributed by atoms with Gasteiger partial charge in [0.2, 0.25) is 0 Å². The van der Waals surface area contributed by atoms with Gasteiger partial charge in [-0.3, -0.25) is 0 Å². The summed E-state index contributed by atoms with van der Waals surface area (Å²) in [6.45, 7) is 6.84. The first-order valence-electron chi connectivity index (χ1n) is 6.93. The zero-order chi connectivity index (χ0) is 13.9. The van der Waals surface area contributed by atoms with Crippen LogP contribution in [0.15, 0.2) is 60.7 Å². The van der Waals surface area contributed by atoms with Gasteiger partial charge in [-0.25, -0.2) is 0 Å². The lowest BCUT2D eigenvalue weighted by Crippen LogP contribution is -2.68. The lowest BCUT2D eigenvalue weighted by molar-refractivity contribution is 0.601. The predicted molar refractivity (Wildman–Crippen MR) is 93.8 cm³/mol. The monoisotopic (exact) mass is 305 g/mol. The molecule has 0 saturated carbocycles. The Morgan fingerprint density at radius 3 is 1.45 bits per heavy atom. The molecule has 0 aliphatic heterocycles. The van der Waals surface area contributed by atoms with Gasteiger partial charge in [-0.1, -0.05) is 91.4 Å². The third-order valence-corrected chi connectivity index (χ3v) is 9.20. The first-order chi connectivity index (χ1) is 9.06. The molecule has 1 atom stereocenters. The number of halogens is 1. The molecule has 2 N–H and O–H groups in total. The molecule has 0 fully saturated rings. The summed E-state index contributed by atoms with van der Waals surface area (Å²) in [4.78, 5) is 0. The van der Waals surface area contributed by atoms with E-state index < -0.39 is 8.07 Å². The van der Waals surface area contributed by atoms with Gasteiger partial charge in [-0.2, -0.15) is 0 Å². The standard InChI is InChI=1S/C17H23NSi.ClH/c1-14(2)17(18)19(3,15-10-6-4-7-11-15)16-12-8-5-9-13-16;/h4-14,17H,18H2,1-3H3;1H/t17-;/m1./s1. The van der Waals surface area contributed by atoms with E-state index >= 15 is 0 Å². The minimum Gasteiger partial charge on any atom is -0.329 e. The second-order valence-electron chi connectivity index (χ2n) is 5.70. The van der Waals surface area contributed by atoms with Crippen molar-refractivity contribution in [2.24, 2.45) is 11.7 Å². The van der Waals surface area contributed by atoms with Crippen molar-refractivity contribution in [3.8, 4) is 0 Å².